The summed E-state index contributed by atoms with van der Waals surface area (Å²) < 4.78 is 7.22. The molecule has 1 aromatic heterocycles. The average Bonchev–Trinajstić information content (AvgIpc) is 2.80. The molecule has 3 rings (SSSR count). The molecule has 1 saturated heterocycles. The lowest BCUT2D eigenvalue weighted by Gasteiger charge is -2.26. The van der Waals surface area contributed by atoms with E-state index in [1.807, 2.05) is 18.2 Å². The molecule has 112 valence electrons. The van der Waals surface area contributed by atoms with Crippen molar-refractivity contribution >= 4 is 23.8 Å². The number of aliphatic hydroxyl groups is 1. The van der Waals surface area contributed by atoms with Crippen molar-refractivity contribution in [1.29, 1.82) is 0 Å². The second kappa shape index (κ2) is 6.27. The molecule has 1 aromatic carbocycles. The maximum absolute atomic E-state index is 9.73. The zero-order chi connectivity index (χ0) is 14.8. The quantitative estimate of drug-likeness (QED) is 0.840. The van der Waals surface area contributed by atoms with Gasteiger partial charge < -0.3 is 14.4 Å². The van der Waals surface area contributed by atoms with Gasteiger partial charge in [-0.2, -0.15) is 4.68 Å². The summed E-state index contributed by atoms with van der Waals surface area (Å²) in [4.78, 5) is 1.58. The van der Waals surface area contributed by atoms with Gasteiger partial charge in [0.2, 0.25) is 5.89 Å². The standard InChI is InChI=1S/C14H16ClN3O2S/c15-12-6-2-1-5-11(12)13-16-18(14(21)20-13)9-17-7-3-4-10(19)8-17/h1-2,5-6,10,19H,3-4,7-9H2/p+1/t10-/m0/s1. The van der Waals surface area contributed by atoms with E-state index < -0.39 is 0 Å². The Kier molecular flexibility index (Phi) is 4.40. The number of aromatic nitrogens is 2. The van der Waals surface area contributed by atoms with Gasteiger partial charge in [0.25, 0.3) is 4.84 Å². The van der Waals surface area contributed by atoms with Crippen LogP contribution in [0.15, 0.2) is 28.7 Å². The molecule has 0 spiro atoms. The summed E-state index contributed by atoms with van der Waals surface area (Å²) in [6.07, 6.45) is 1.65. The van der Waals surface area contributed by atoms with Crippen LogP contribution in [0.3, 0.4) is 0 Å². The normalized spacial score (nSPS) is 22.4. The molecule has 1 fully saturated rings. The SMILES string of the molecule is O[C@H]1CCC[NH+](Cn2nc(-c3ccccc3Cl)oc2=S)C1. The summed E-state index contributed by atoms with van der Waals surface area (Å²) in [5.41, 5.74) is 0.734. The molecule has 0 radical (unpaired) electrons. The molecule has 2 heterocycles. The zero-order valence-corrected chi connectivity index (χ0v) is 13.0. The van der Waals surface area contributed by atoms with Gasteiger partial charge >= 0.3 is 0 Å². The number of rotatable bonds is 3. The first-order valence-corrected chi connectivity index (χ1v) is 7.76. The van der Waals surface area contributed by atoms with Gasteiger partial charge in [0.1, 0.15) is 12.6 Å². The first-order valence-electron chi connectivity index (χ1n) is 6.98. The Hall–Kier alpha value is -1.21. The molecular weight excluding hydrogens is 310 g/mol. The lowest BCUT2D eigenvalue weighted by molar-refractivity contribution is -0.931. The van der Waals surface area contributed by atoms with Gasteiger partial charge in [0, 0.05) is 0 Å². The summed E-state index contributed by atoms with van der Waals surface area (Å²) in [5, 5.41) is 14.7. The summed E-state index contributed by atoms with van der Waals surface area (Å²) in [7, 11) is 0. The van der Waals surface area contributed by atoms with Crippen LogP contribution >= 0.6 is 23.8 Å². The fourth-order valence-electron chi connectivity index (χ4n) is 2.63. The lowest BCUT2D eigenvalue weighted by atomic mass is 10.1. The number of benzene rings is 1. The van der Waals surface area contributed by atoms with Gasteiger partial charge in [-0.3, -0.25) is 0 Å². The largest absolute Gasteiger partial charge is 0.409 e. The highest BCUT2D eigenvalue weighted by Gasteiger charge is 2.22. The minimum absolute atomic E-state index is 0.238. The van der Waals surface area contributed by atoms with Crippen molar-refractivity contribution in [2.24, 2.45) is 0 Å². The molecular formula is C14H17ClN3O2S+. The monoisotopic (exact) mass is 326 g/mol. The minimum Gasteiger partial charge on any atom is -0.409 e. The lowest BCUT2D eigenvalue weighted by Crippen LogP contribution is -3.13. The van der Waals surface area contributed by atoms with Crippen LogP contribution in [0.2, 0.25) is 5.02 Å². The van der Waals surface area contributed by atoms with Crippen molar-refractivity contribution in [3.63, 3.8) is 0 Å². The number of nitrogens with one attached hydrogen (secondary N) is 1. The Labute approximate surface area is 132 Å². The molecule has 1 aliphatic rings. The van der Waals surface area contributed by atoms with Crippen molar-refractivity contribution in [1.82, 2.24) is 9.78 Å². The number of piperidine rings is 1. The second-order valence-electron chi connectivity index (χ2n) is 5.31. The number of nitrogens with zero attached hydrogens (tertiary/aromatic N) is 2. The van der Waals surface area contributed by atoms with E-state index in [2.05, 4.69) is 5.10 Å². The van der Waals surface area contributed by atoms with Crippen molar-refractivity contribution in [3.05, 3.63) is 34.1 Å². The molecule has 0 bridgehead atoms. The summed E-state index contributed by atoms with van der Waals surface area (Å²) in [6, 6.07) is 7.38. The Morgan fingerprint density at radius 3 is 3.05 bits per heavy atom. The first-order chi connectivity index (χ1) is 10.1. The molecule has 0 aliphatic carbocycles. The molecule has 0 saturated carbocycles. The molecule has 1 aliphatic heterocycles. The highest BCUT2D eigenvalue weighted by atomic mass is 35.5. The Morgan fingerprint density at radius 2 is 2.29 bits per heavy atom. The van der Waals surface area contributed by atoms with Crippen LogP contribution in [0.4, 0.5) is 0 Å². The predicted octanol–water partition coefficient (Wildman–Crippen LogP) is 1.52. The molecule has 1 unspecified atom stereocenters. The summed E-state index contributed by atoms with van der Waals surface area (Å²) in [5.74, 6) is 0.433. The Morgan fingerprint density at radius 1 is 1.48 bits per heavy atom. The fourth-order valence-corrected chi connectivity index (χ4v) is 3.03. The van der Waals surface area contributed by atoms with E-state index in [4.69, 9.17) is 28.2 Å². The smallest absolute Gasteiger partial charge is 0.292 e. The van der Waals surface area contributed by atoms with Gasteiger partial charge in [-0.25, -0.2) is 0 Å². The minimum atomic E-state index is -0.238. The third-order valence-corrected chi connectivity index (χ3v) is 4.30. The van der Waals surface area contributed by atoms with Gasteiger partial charge in [-0.1, -0.05) is 23.7 Å². The predicted molar refractivity (Wildman–Crippen MR) is 81.7 cm³/mol. The molecule has 7 heteroatoms. The topological polar surface area (TPSA) is 55.6 Å². The fraction of sp³-hybridized carbons (Fsp3) is 0.429. The number of hydrogen-bond donors (Lipinski definition) is 2. The number of halogens is 1. The highest BCUT2D eigenvalue weighted by Crippen LogP contribution is 2.26. The third-order valence-electron chi connectivity index (χ3n) is 3.68. The first kappa shape index (κ1) is 14.7. The second-order valence-corrected chi connectivity index (χ2v) is 6.07. The van der Waals surface area contributed by atoms with Crippen LogP contribution in [-0.4, -0.2) is 34.1 Å². The van der Waals surface area contributed by atoms with E-state index in [1.165, 1.54) is 4.90 Å². The molecule has 2 N–H and O–H groups in total. The van der Waals surface area contributed by atoms with Crippen LogP contribution in [0, 0.1) is 4.84 Å². The number of quaternary nitrogens is 1. The number of hydrogen-bond acceptors (Lipinski definition) is 4. The van der Waals surface area contributed by atoms with Crippen molar-refractivity contribution < 1.29 is 14.4 Å². The Bertz CT molecular complexity index is 685. The molecule has 2 aromatic rings. The summed E-state index contributed by atoms with van der Waals surface area (Å²) >= 11 is 11.4. The van der Waals surface area contributed by atoms with E-state index in [0.717, 1.165) is 31.5 Å². The summed E-state index contributed by atoms with van der Waals surface area (Å²) in [6.45, 7) is 2.33. The van der Waals surface area contributed by atoms with E-state index in [1.54, 1.807) is 10.7 Å². The molecule has 2 atom stereocenters. The van der Waals surface area contributed by atoms with Crippen LogP contribution in [0.1, 0.15) is 12.8 Å². The van der Waals surface area contributed by atoms with Crippen molar-refractivity contribution in [2.45, 2.75) is 25.6 Å². The van der Waals surface area contributed by atoms with Crippen LogP contribution in [0.25, 0.3) is 11.5 Å². The van der Waals surface area contributed by atoms with Crippen LogP contribution < -0.4 is 4.90 Å². The van der Waals surface area contributed by atoms with E-state index in [-0.39, 0.29) is 6.10 Å². The van der Waals surface area contributed by atoms with Gasteiger partial charge in [-0.05, 0) is 37.2 Å². The van der Waals surface area contributed by atoms with Gasteiger partial charge in [-0.15, -0.1) is 5.10 Å². The van der Waals surface area contributed by atoms with Crippen LogP contribution in [-0.2, 0) is 6.67 Å². The van der Waals surface area contributed by atoms with E-state index >= 15 is 0 Å². The number of likely N-dealkylation sites (tertiary alicyclic amines) is 1. The van der Waals surface area contributed by atoms with E-state index in [9.17, 15) is 5.11 Å². The van der Waals surface area contributed by atoms with Gasteiger partial charge in [0.15, 0.2) is 6.67 Å². The van der Waals surface area contributed by atoms with Crippen molar-refractivity contribution in [3.8, 4) is 11.5 Å². The molecule has 21 heavy (non-hydrogen) atoms. The average molecular weight is 327 g/mol. The highest BCUT2D eigenvalue weighted by molar-refractivity contribution is 7.71. The van der Waals surface area contributed by atoms with Crippen molar-refractivity contribution in [2.75, 3.05) is 13.1 Å². The molecule has 5 nitrogen and oxygen atoms in total. The zero-order valence-electron chi connectivity index (χ0n) is 11.5. The third kappa shape index (κ3) is 3.35. The van der Waals surface area contributed by atoms with E-state index in [0.29, 0.717) is 22.4 Å². The van der Waals surface area contributed by atoms with Gasteiger partial charge in [0.05, 0.1) is 17.1 Å². The maximum Gasteiger partial charge on any atom is 0.292 e. The molecule has 0 amide bonds. The number of aliphatic hydroxyl groups excluding tert-OH is 1. The van der Waals surface area contributed by atoms with Crippen LogP contribution in [0.5, 0.6) is 0 Å². The maximum atomic E-state index is 9.73. The Balaban J connectivity index is 1.82.